The Labute approximate surface area is 160 Å². The summed E-state index contributed by atoms with van der Waals surface area (Å²) in [4.78, 5) is 14.4. The maximum absolute atomic E-state index is 12.0. The summed E-state index contributed by atoms with van der Waals surface area (Å²) < 4.78 is 5.60. The summed E-state index contributed by atoms with van der Waals surface area (Å²) >= 11 is 3.34. The van der Waals surface area contributed by atoms with Gasteiger partial charge in [-0.15, -0.1) is 0 Å². The topological polar surface area (TPSA) is 67.6 Å². The summed E-state index contributed by atoms with van der Waals surface area (Å²) in [6.45, 7) is 4.88. The molecule has 2 fully saturated rings. The van der Waals surface area contributed by atoms with Gasteiger partial charge >= 0.3 is 5.97 Å². The van der Waals surface area contributed by atoms with Gasteiger partial charge in [-0.05, 0) is 53.7 Å². The van der Waals surface area contributed by atoms with Crippen LogP contribution < -0.4 is 11.1 Å². The first-order valence-electron chi connectivity index (χ1n) is 9.38. The Morgan fingerprint density at radius 3 is 2.64 bits per heavy atom. The van der Waals surface area contributed by atoms with Gasteiger partial charge in [0.1, 0.15) is 0 Å². The predicted molar refractivity (Wildman–Crippen MR) is 105 cm³/mol. The molecule has 25 heavy (non-hydrogen) atoms. The molecule has 142 valence electrons. The van der Waals surface area contributed by atoms with E-state index in [1.54, 1.807) is 6.08 Å². The molecule has 2 rings (SSSR count). The zero-order valence-electron chi connectivity index (χ0n) is 15.5. The minimum Gasteiger partial charge on any atom is -0.466 e. The number of hydrogen-bond acceptors (Lipinski definition) is 5. The first-order valence-corrected chi connectivity index (χ1v) is 10.2. The molecule has 2 aliphatic rings. The largest absolute Gasteiger partial charge is 0.466 e. The van der Waals surface area contributed by atoms with Crippen molar-refractivity contribution < 1.29 is 9.53 Å². The number of halogens is 1. The normalized spacial score (nSPS) is 27.3. The number of carbonyl (C=O) groups excluding carboxylic acids is 1. The van der Waals surface area contributed by atoms with E-state index in [4.69, 9.17) is 10.5 Å². The molecule has 1 aliphatic heterocycles. The Balaban J connectivity index is 1.89. The molecule has 0 spiro atoms. The average molecular weight is 414 g/mol. The van der Waals surface area contributed by atoms with Gasteiger partial charge in [0.05, 0.1) is 12.7 Å². The summed E-state index contributed by atoms with van der Waals surface area (Å²) in [5.41, 5.74) is 6.12. The molecule has 0 bridgehead atoms. The summed E-state index contributed by atoms with van der Waals surface area (Å²) in [7, 11) is 1.42. The standard InChI is InChI=1S/C19H32BrN3O2/c1-14-12-23(13-15(19(24)25-2)10-16(20)11-21)9-8-18(14)22-17-6-4-3-5-7-17/h10-11,14,17-18,22H,3-9,12-13,21H2,1-2H3/b15-10+,16-11+. The number of hydrogen-bond donors (Lipinski definition) is 2. The molecule has 0 aromatic rings. The highest BCUT2D eigenvalue weighted by Crippen LogP contribution is 2.23. The number of nitrogens with zero attached hydrogens (tertiary/aromatic N) is 1. The van der Waals surface area contributed by atoms with Crippen LogP contribution in [0.1, 0.15) is 45.4 Å². The van der Waals surface area contributed by atoms with Crippen LogP contribution in [0.4, 0.5) is 0 Å². The van der Waals surface area contributed by atoms with Crippen LogP contribution in [0.5, 0.6) is 0 Å². The van der Waals surface area contributed by atoms with E-state index in [0.717, 1.165) is 19.5 Å². The number of nitrogens with one attached hydrogen (secondary N) is 1. The molecular formula is C19H32BrN3O2. The fourth-order valence-corrected chi connectivity index (χ4v) is 4.23. The van der Waals surface area contributed by atoms with Gasteiger partial charge < -0.3 is 15.8 Å². The number of allylic oxidation sites excluding steroid dienone is 2. The van der Waals surface area contributed by atoms with Crippen molar-refractivity contribution in [2.24, 2.45) is 11.7 Å². The van der Waals surface area contributed by atoms with E-state index < -0.39 is 0 Å². The van der Waals surface area contributed by atoms with Crippen LogP contribution in [0.25, 0.3) is 0 Å². The Hall–Kier alpha value is -0.850. The van der Waals surface area contributed by atoms with Crippen molar-refractivity contribution in [2.45, 2.75) is 57.5 Å². The summed E-state index contributed by atoms with van der Waals surface area (Å²) in [6.07, 6.45) is 11.1. The second kappa shape index (κ2) is 10.3. The van der Waals surface area contributed by atoms with Gasteiger partial charge in [-0.2, -0.15) is 0 Å². The van der Waals surface area contributed by atoms with Gasteiger partial charge in [-0.1, -0.05) is 26.2 Å². The van der Waals surface area contributed by atoms with E-state index >= 15 is 0 Å². The number of esters is 1. The molecule has 2 atom stereocenters. The highest BCUT2D eigenvalue weighted by atomic mass is 79.9. The zero-order valence-corrected chi connectivity index (χ0v) is 17.1. The Bertz CT molecular complexity index is 501. The molecule has 3 N–H and O–H groups in total. The molecule has 2 unspecified atom stereocenters. The molecule has 0 aromatic heterocycles. The van der Waals surface area contributed by atoms with Gasteiger partial charge in [-0.3, -0.25) is 4.90 Å². The fourth-order valence-electron chi connectivity index (χ4n) is 3.95. The first-order chi connectivity index (χ1) is 12.0. The zero-order chi connectivity index (χ0) is 18.2. The third kappa shape index (κ3) is 6.42. The van der Waals surface area contributed by atoms with E-state index in [9.17, 15) is 4.79 Å². The van der Waals surface area contributed by atoms with E-state index in [-0.39, 0.29) is 5.97 Å². The lowest BCUT2D eigenvalue weighted by molar-refractivity contribution is -0.136. The number of ether oxygens (including phenoxy) is 1. The molecule has 1 heterocycles. The van der Waals surface area contributed by atoms with Gasteiger partial charge in [0.15, 0.2) is 0 Å². The van der Waals surface area contributed by atoms with Gasteiger partial charge in [0.25, 0.3) is 0 Å². The highest BCUT2D eigenvalue weighted by Gasteiger charge is 2.29. The van der Waals surface area contributed by atoms with Crippen molar-refractivity contribution >= 4 is 21.9 Å². The van der Waals surface area contributed by atoms with Crippen LogP contribution in [0.3, 0.4) is 0 Å². The smallest absolute Gasteiger partial charge is 0.335 e. The number of methoxy groups -OCH3 is 1. The Morgan fingerprint density at radius 1 is 1.32 bits per heavy atom. The SMILES string of the molecule is COC(=O)/C(=C/C(Br)=C\N)CN1CCC(NC2CCCCC2)C(C)C1. The van der Waals surface area contributed by atoms with Crippen LogP contribution in [-0.4, -0.2) is 49.7 Å². The van der Waals surface area contributed by atoms with Crippen molar-refractivity contribution in [1.82, 2.24) is 10.2 Å². The number of likely N-dealkylation sites (tertiary alicyclic amines) is 1. The molecule has 1 saturated carbocycles. The lowest BCUT2D eigenvalue weighted by atomic mass is 9.89. The fraction of sp³-hybridized carbons (Fsp3) is 0.737. The highest BCUT2D eigenvalue weighted by molar-refractivity contribution is 9.11. The van der Waals surface area contributed by atoms with Crippen molar-refractivity contribution in [3.63, 3.8) is 0 Å². The van der Waals surface area contributed by atoms with Crippen LogP contribution in [0.2, 0.25) is 0 Å². The maximum atomic E-state index is 12.0. The third-order valence-corrected chi connectivity index (χ3v) is 5.85. The number of rotatable bonds is 6. The first kappa shape index (κ1) is 20.5. The van der Waals surface area contributed by atoms with Crippen molar-refractivity contribution in [3.8, 4) is 0 Å². The summed E-state index contributed by atoms with van der Waals surface area (Å²) in [5.74, 6) is 0.275. The molecule has 0 amide bonds. The van der Waals surface area contributed by atoms with E-state index in [2.05, 4.69) is 33.1 Å². The van der Waals surface area contributed by atoms with Crippen LogP contribution in [0.15, 0.2) is 22.3 Å². The lowest BCUT2D eigenvalue weighted by Gasteiger charge is -2.40. The number of nitrogens with two attached hydrogens (primary N) is 1. The molecular weight excluding hydrogens is 382 g/mol. The number of carbonyl (C=O) groups is 1. The van der Waals surface area contributed by atoms with E-state index in [0.29, 0.717) is 34.6 Å². The van der Waals surface area contributed by atoms with Crippen molar-refractivity contribution in [2.75, 3.05) is 26.7 Å². The second-order valence-electron chi connectivity index (χ2n) is 7.32. The van der Waals surface area contributed by atoms with Crippen molar-refractivity contribution in [1.29, 1.82) is 0 Å². The van der Waals surface area contributed by atoms with Gasteiger partial charge in [0, 0.05) is 35.9 Å². The summed E-state index contributed by atoms with van der Waals surface area (Å²) in [6, 6.07) is 1.28. The van der Waals surface area contributed by atoms with E-state index in [1.165, 1.54) is 45.4 Å². The van der Waals surface area contributed by atoms with Crippen LogP contribution in [0, 0.1) is 5.92 Å². The minimum atomic E-state index is -0.297. The van der Waals surface area contributed by atoms with Crippen LogP contribution in [-0.2, 0) is 9.53 Å². The quantitative estimate of drug-likeness (QED) is 0.398. The Kier molecular flexibility index (Phi) is 8.46. The van der Waals surface area contributed by atoms with E-state index in [1.807, 2.05) is 0 Å². The number of piperidine rings is 1. The van der Waals surface area contributed by atoms with Crippen LogP contribution >= 0.6 is 15.9 Å². The average Bonchev–Trinajstić information content (AvgIpc) is 2.63. The molecule has 1 saturated heterocycles. The molecule has 0 aromatic carbocycles. The lowest BCUT2D eigenvalue weighted by Crippen LogP contribution is -2.52. The summed E-state index contributed by atoms with van der Waals surface area (Å²) in [5, 5.41) is 3.89. The molecule has 6 heteroatoms. The second-order valence-corrected chi connectivity index (χ2v) is 8.24. The Morgan fingerprint density at radius 2 is 2.04 bits per heavy atom. The third-order valence-electron chi connectivity index (χ3n) is 5.36. The van der Waals surface area contributed by atoms with Gasteiger partial charge in [-0.25, -0.2) is 4.79 Å². The maximum Gasteiger partial charge on any atom is 0.335 e. The van der Waals surface area contributed by atoms with Gasteiger partial charge in [0.2, 0.25) is 0 Å². The van der Waals surface area contributed by atoms with Crippen molar-refractivity contribution in [3.05, 3.63) is 22.3 Å². The molecule has 1 aliphatic carbocycles. The monoisotopic (exact) mass is 413 g/mol. The molecule has 5 nitrogen and oxygen atoms in total. The predicted octanol–water partition coefficient (Wildman–Crippen LogP) is 2.91. The minimum absolute atomic E-state index is 0.297. The molecule has 0 radical (unpaired) electrons.